The number of hydrogen-bond acceptors (Lipinski definition) is 3. The summed E-state index contributed by atoms with van der Waals surface area (Å²) in [5.41, 5.74) is 0. The first-order valence-corrected chi connectivity index (χ1v) is 7.78. The summed E-state index contributed by atoms with van der Waals surface area (Å²) < 4.78 is 6.28. The van der Waals surface area contributed by atoms with E-state index in [1.54, 1.807) is 0 Å². The van der Waals surface area contributed by atoms with Gasteiger partial charge in [-0.3, -0.25) is 0 Å². The molecule has 2 aliphatic rings. The van der Waals surface area contributed by atoms with Crippen LogP contribution in [0.25, 0.3) is 0 Å². The molecule has 2 fully saturated rings. The first kappa shape index (κ1) is 12.7. The number of rotatable bonds is 3. The van der Waals surface area contributed by atoms with Crippen molar-refractivity contribution in [3.05, 3.63) is 54.7 Å². The van der Waals surface area contributed by atoms with Crippen LogP contribution in [0.4, 0.5) is 5.82 Å². The van der Waals surface area contributed by atoms with E-state index >= 15 is 0 Å². The Bertz CT molecular complexity index is 573. The van der Waals surface area contributed by atoms with Crippen LogP contribution in [0.5, 0.6) is 5.75 Å². The molecule has 21 heavy (non-hydrogen) atoms. The average molecular weight is 280 g/mol. The van der Waals surface area contributed by atoms with Gasteiger partial charge in [-0.2, -0.15) is 0 Å². The van der Waals surface area contributed by atoms with Gasteiger partial charge < -0.3 is 9.64 Å². The number of fused-ring (bicyclic) bond motifs is 2. The van der Waals surface area contributed by atoms with Crippen LogP contribution in [0.15, 0.2) is 54.7 Å². The van der Waals surface area contributed by atoms with Crippen LogP contribution in [0, 0.1) is 11.8 Å². The predicted octanol–water partition coefficient (Wildman–Crippen LogP) is 3.38. The van der Waals surface area contributed by atoms with Gasteiger partial charge in [0.25, 0.3) is 0 Å². The highest BCUT2D eigenvalue weighted by atomic mass is 16.5. The van der Waals surface area contributed by atoms with E-state index in [2.05, 4.69) is 34.1 Å². The second-order valence-electron chi connectivity index (χ2n) is 6.09. The van der Waals surface area contributed by atoms with Gasteiger partial charge in [0.05, 0.1) is 0 Å². The van der Waals surface area contributed by atoms with Crippen LogP contribution in [-0.2, 0) is 0 Å². The monoisotopic (exact) mass is 280 g/mol. The van der Waals surface area contributed by atoms with Crippen molar-refractivity contribution in [1.29, 1.82) is 0 Å². The molecule has 0 N–H and O–H groups in total. The first-order valence-electron chi connectivity index (χ1n) is 7.78. The Hall–Kier alpha value is -2.03. The molecule has 1 aromatic carbocycles. The molecule has 3 atom stereocenters. The van der Waals surface area contributed by atoms with E-state index in [1.165, 1.54) is 12.8 Å². The molecular weight excluding hydrogens is 260 g/mol. The first-order chi connectivity index (χ1) is 10.4. The Morgan fingerprint density at radius 1 is 0.905 bits per heavy atom. The Morgan fingerprint density at radius 2 is 1.62 bits per heavy atom. The van der Waals surface area contributed by atoms with E-state index in [0.29, 0.717) is 17.9 Å². The second-order valence-corrected chi connectivity index (χ2v) is 6.09. The highest BCUT2D eigenvalue weighted by Gasteiger charge is 2.43. The maximum atomic E-state index is 6.28. The van der Waals surface area contributed by atoms with E-state index in [0.717, 1.165) is 24.7 Å². The third kappa shape index (κ3) is 2.48. The number of piperidine rings is 1. The van der Waals surface area contributed by atoms with Crippen LogP contribution in [0.1, 0.15) is 12.8 Å². The zero-order valence-electron chi connectivity index (χ0n) is 12.1. The molecule has 4 rings (SSSR count). The molecule has 108 valence electrons. The lowest BCUT2D eigenvalue weighted by Gasteiger charge is -2.38. The number of nitrogens with zero attached hydrogens (tertiary/aromatic N) is 2. The Morgan fingerprint density at radius 3 is 2.29 bits per heavy atom. The van der Waals surface area contributed by atoms with Crippen molar-refractivity contribution < 1.29 is 4.74 Å². The minimum atomic E-state index is 0.368. The fourth-order valence-corrected chi connectivity index (χ4v) is 3.75. The van der Waals surface area contributed by atoms with Crippen molar-refractivity contribution in [2.24, 2.45) is 11.8 Å². The normalized spacial score (nSPS) is 27.6. The Labute approximate surface area is 125 Å². The quantitative estimate of drug-likeness (QED) is 0.862. The standard InChI is InChI=1S/C18H20N2O/c1-2-6-16(7-3-1)21-18-14-9-10-15(18)13-20(12-14)17-8-4-5-11-19-17/h1-8,11,14-15,18H,9-10,12-13H2/t14-,15+,18-. The summed E-state index contributed by atoms with van der Waals surface area (Å²) in [6, 6.07) is 16.4. The zero-order valence-corrected chi connectivity index (χ0v) is 12.1. The number of pyridine rings is 1. The topological polar surface area (TPSA) is 25.4 Å². The number of ether oxygens (including phenoxy) is 1. The molecule has 0 unspecified atom stereocenters. The van der Waals surface area contributed by atoms with Gasteiger partial charge in [-0.25, -0.2) is 4.98 Å². The Balaban J connectivity index is 1.49. The van der Waals surface area contributed by atoms with Crippen LogP contribution in [-0.4, -0.2) is 24.2 Å². The van der Waals surface area contributed by atoms with Crippen LogP contribution in [0.3, 0.4) is 0 Å². The van der Waals surface area contributed by atoms with Gasteiger partial charge in [-0.05, 0) is 37.1 Å². The molecule has 0 radical (unpaired) electrons. The summed E-state index contributed by atoms with van der Waals surface area (Å²) in [6.07, 6.45) is 4.79. The summed E-state index contributed by atoms with van der Waals surface area (Å²) in [7, 11) is 0. The van der Waals surface area contributed by atoms with Gasteiger partial charge in [0.15, 0.2) is 0 Å². The van der Waals surface area contributed by atoms with E-state index in [1.807, 2.05) is 30.5 Å². The Kier molecular flexibility index (Phi) is 3.26. The maximum Gasteiger partial charge on any atom is 0.128 e. The summed E-state index contributed by atoms with van der Waals surface area (Å²) in [5, 5.41) is 0. The predicted molar refractivity (Wildman–Crippen MR) is 83.5 cm³/mol. The number of hydrogen-bond donors (Lipinski definition) is 0. The van der Waals surface area contributed by atoms with Gasteiger partial charge in [0, 0.05) is 31.1 Å². The fraction of sp³-hybridized carbons (Fsp3) is 0.389. The average Bonchev–Trinajstić information content (AvgIpc) is 2.78. The van der Waals surface area contributed by atoms with E-state index in [4.69, 9.17) is 4.74 Å². The summed E-state index contributed by atoms with van der Waals surface area (Å²) in [6.45, 7) is 2.12. The summed E-state index contributed by atoms with van der Waals surface area (Å²) in [4.78, 5) is 6.92. The number of anilines is 1. The zero-order chi connectivity index (χ0) is 14.1. The number of para-hydroxylation sites is 1. The lowest BCUT2D eigenvalue weighted by Crippen LogP contribution is -2.47. The maximum absolute atomic E-state index is 6.28. The minimum Gasteiger partial charge on any atom is -0.490 e. The number of benzene rings is 1. The molecule has 1 saturated carbocycles. The van der Waals surface area contributed by atoms with E-state index < -0.39 is 0 Å². The molecule has 1 saturated heterocycles. The van der Waals surface area contributed by atoms with Gasteiger partial charge in [-0.1, -0.05) is 24.3 Å². The lowest BCUT2D eigenvalue weighted by molar-refractivity contribution is 0.103. The van der Waals surface area contributed by atoms with Crippen molar-refractivity contribution in [2.45, 2.75) is 18.9 Å². The van der Waals surface area contributed by atoms with Crippen molar-refractivity contribution in [3.63, 3.8) is 0 Å². The highest BCUT2D eigenvalue weighted by Crippen LogP contribution is 2.40. The van der Waals surface area contributed by atoms with Gasteiger partial charge in [0.1, 0.15) is 17.7 Å². The van der Waals surface area contributed by atoms with Crippen molar-refractivity contribution >= 4 is 5.82 Å². The molecule has 3 heteroatoms. The molecule has 0 spiro atoms. The van der Waals surface area contributed by atoms with Gasteiger partial charge >= 0.3 is 0 Å². The summed E-state index contributed by atoms with van der Waals surface area (Å²) >= 11 is 0. The highest BCUT2D eigenvalue weighted by molar-refractivity contribution is 5.39. The van der Waals surface area contributed by atoms with Crippen LogP contribution in [0.2, 0.25) is 0 Å². The lowest BCUT2D eigenvalue weighted by atomic mass is 9.94. The second kappa shape index (κ2) is 5.40. The molecule has 1 aliphatic heterocycles. The molecule has 1 aliphatic carbocycles. The molecule has 1 aromatic heterocycles. The molecule has 2 heterocycles. The van der Waals surface area contributed by atoms with Crippen molar-refractivity contribution in [3.8, 4) is 5.75 Å². The van der Waals surface area contributed by atoms with Gasteiger partial charge in [0.2, 0.25) is 0 Å². The van der Waals surface area contributed by atoms with Gasteiger partial charge in [-0.15, -0.1) is 0 Å². The molecular formula is C18H20N2O. The van der Waals surface area contributed by atoms with E-state index in [9.17, 15) is 0 Å². The molecule has 3 nitrogen and oxygen atoms in total. The van der Waals surface area contributed by atoms with Crippen LogP contribution >= 0.6 is 0 Å². The van der Waals surface area contributed by atoms with E-state index in [-0.39, 0.29) is 0 Å². The largest absolute Gasteiger partial charge is 0.490 e. The third-order valence-electron chi connectivity index (χ3n) is 4.74. The number of aromatic nitrogens is 1. The van der Waals surface area contributed by atoms with Crippen LogP contribution < -0.4 is 9.64 Å². The summed E-state index contributed by atoms with van der Waals surface area (Å²) in [5.74, 6) is 3.34. The minimum absolute atomic E-state index is 0.368. The SMILES string of the molecule is c1ccc(O[C@@H]2[C@@H]3CC[C@H]2CN(c2ccccn2)C3)cc1. The fourth-order valence-electron chi connectivity index (χ4n) is 3.75. The van der Waals surface area contributed by atoms with Crippen molar-refractivity contribution in [1.82, 2.24) is 4.98 Å². The third-order valence-corrected chi connectivity index (χ3v) is 4.74. The molecule has 2 bridgehead atoms. The van der Waals surface area contributed by atoms with Crippen molar-refractivity contribution in [2.75, 3.05) is 18.0 Å². The molecule has 2 aromatic rings. The smallest absolute Gasteiger partial charge is 0.128 e. The molecule has 0 amide bonds.